The smallest absolute Gasteiger partial charge is 0.260 e. The first kappa shape index (κ1) is 12.1. The number of carbonyl (C=O) groups is 2. The minimum Gasteiger partial charge on any atom is -0.327 e. The fraction of sp³-hybridized carbons (Fsp3) is 0.333. The molecule has 1 aliphatic rings. The van der Waals surface area contributed by atoms with Crippen LogP contribution in [-0.4, -0.2) is 29.3 Å². The van der Waals surface area contributed by atoms with Crippen LogP contribution in [0.3, 0.4) is 0 Å². The van der Waals surface area contributed by atoms with Gasteiger partial charge in [-0.15, -0.1) is 0 Å². The third kappa shape index (κ3) is 2.65. The lowest BCUT2D eigenvalue weighted by atomic mass is 10.0. The Kier molecular flexibility index (Phi) is 3.45. The predicted molar refractivity (Wildman–Crippen MR) is 64.7 cm³/mol. The number of likely N-dealkylation sites (tertiary alicyclic amines) is 1. The van der Waals surface area contributed by atoms with Crippen LogP contribution in [0.1, 0.15) is 23.2 Å². The van der Waals surface area contributed by atoms with Crippen LogP contribution in [0.25, 0.3) is 0 Å². The highest BCUT2D eigenvalue weighted by atomic mass is 35.5. The lowest BCUT2D eigenvalue weighted by Gasteiger charge is -2.28. The molecular formula is C12H13ClN2O2. The minimum absolute atomic E-state index is 0.128. The maximum atomic E-state index is 12.0. The highest BCUT2D eigenvalue weighted by Gasteiger charge is 2.28. The number of amides is 2. The Bertz CT molecular complexity index is 444. The van der Waals surface area contributed by atoms with E-state index in [0.29, 0.717) is 23.6 Å². The first-order valence-electron chi connectivity index (χ1n) is 5.44. The van der Waals surface area contributed by atoms with Gasteiger partial charge in [0.1, 0.15) is 0 Å². The zero-order valence-corrected chi connectivity index (χ0v) is 9.98. The van der Waals surface area contributed by atoms with E-state index in [9.17, 15) is 9.59 Å². The third-order valence-electron chi connectivity index (χ3n) is 2.80. The van der Waals surface area contributed by atoms with Gasteiger partial charge in [0.05, 0.1) is 0 Å². The molecule has 0 radical (unpaired) electrons. The van der Waals surface area contributed by atoms with Gasteiger partial charge in [-0.1, -0.05) is 11.6 Å². The molecule has 1 unspecified atom stereocenters. The van der Waals surface area contributed by atoms with Crippen molar-refractivity contribution in [2.45, 2.75) is 18.9 Å². The fourth-order valence-electron chi connectivity index (χ4n) is 1.82. The van der Waals surface area contributed by atoms with Gasteiger partial charge in [0.25, 0.3) is 5.91 Å². The molecule has 1 aliphatic heterocycles. The summed E-state index contributed by atoms with van der Waals surface area (Å²) in [4.78, 5) is 25.0. The number of hydrogen-bond donors (Lipinski definition) is 1. The zero-order valence-electron chi connectivity index (χ0n) is 9.23. The fourth-order valence-corrected chi connectivity index (χ4v) is 1.95. The van der Waals surface area contributed by atoms with Crippen LogP contribution >= 0.6 is 11.6 Å². The molecule has 0 bridgehead atoms. The van der Waals surface area contributed by atoms with E-state index in [4.69, 9.17) is 17.3 Å². The van der Waals surface area contributed by atoms with Crippen LogP contribution in [0.4, 0.5) is 0 Å². The van der Waals surface area contributed by atoms with E-state index in [1.54, 1.807) is 24.3 Å². The molecule has 2 N–H and O–H groups in total. The summed E-state index contributed by atoms with van der Waals surface area (Å²) in [7, 11) is 0. The van der Waals surface area contributed by atoms with E-state index >= 15 is 0 Å². The number of piperidine rings is 1. The van der Waals surface area contributed by atoms with Crippen molar-refractivity contribution in [3.05, 3.63) is 34.9 Å². The molecule has 2 amide bonds. The maximum absolute atomic E-state index is 12.0. The number of carbonyl (C=O) groups excluding carboxylic acids is 2. The zero-order chi connectivity index (χ0) is 12.4. The Hall–Kier alpha value is -1.39. The Labute approximate surface area is 104 Å². The van der Waals surface area contributed by atoms with Gasteiger partial charge in [0.15, 0.2) is 0 Å². The Morgan fingerprint density at radius 3 is 2.59 bits per heavy atom. The van der Waals surface area contributed by atoms with Gasteiger partial charge in [-0.05, 0) is 30.7 Å². The molecule has 1 fully saturated rings. The van der Waals surface area contributed by atoms with Crippen LogP contribution in [0, 0.1) is 0 Å². The average molecular weight is 253 g/mol. The Balaban J connectivity index is 2.15. The molecule has 1 aromatic rings. The molecule has 1 atom stereocenters. The Morgan fingerprint density at radius 1 is 1.35 bits per heavy atom. The Morgan fingerprint density at radius 2 is 2.00 bits per heavy atom. The number of rotatable bonds is 1. The standard InChI is InChI=1S/C12H13ClN2O2/c13-9-3-1-8(2-4-9)12(17)15-6-5-10(14)7-11(15)16/h1-4,10H,5-7,14H2. The van der Waals surface area contributed by atoms with Gasteiger partial charge < -0.3 is 5.73 Å². The first-order valence-corrected chi connectivity index (χ1v) is 5.81. The van der Waals surface area contributed by atoms with E-state index in [1.807, 2.05) is 0 Å². The minimum atomic E-state index is -0.279. The van der Waals surface area contributed by atoms with Crippen molar-refractivity contribution in [2.75, 3.05) is 6.54 Å². The predicted octanol–water partition coefficient (Wildman–Crippen LogP) is 1.43. The maximum Gasteiger partial charge on any atom is 0.260 e. The van der Waals surface area contributed by atoms with Crippen LogP contribution in [0.15, 0.2) is 24.3 Å². The van der Waals surface area contributed by atoms with Gasteiger partial charge >= 0.3 is 0 Å². The number of halogens is 1. The monoisotopic (exact) mass is 252 g/mol. The molecule has 0 spiro atoms. The second-order valence-electron chi connectivity index (χ2n) is 4.11. The number of hydrogen-bond acceptors (Lipinski definition) is 3. The van der Waals surface area contributed by atoms with Crippen molar-refractivity contribution in [2.24, 2.45) is 5.73 Å². The summed E-state index contributed by atoms with van der Waals surface area (Å²) in [5.74, 6) is -0.484. The lowest BCUT2D eigenvalue weighted by Crippen LogP contribution is -2.46. The summed E-state index contributed by atoms with van der Waals surface area (Å²) in [6.07, 6.45) is 0.893. The highest BCUT2D eigenvalue weighted by Crippen LogP contribution is 2.16. The van der Waals surface area contributed by atoms with E-state index in [0.717, 1.165) is 0 Å². The molecule has 1 heterocycles. The normalized spacial score (nSPS) is 20.5. The molecule has 0 aromatic heterocycles. The number of benzene rings is 1. The highest BCUT2D eigenvalue weighted by molar-refractivity contribution is 6.30. The van der Waals surface area contributed by atoms with Gasteiger partial charge in [-0.25, -0.2) is 0 Å². The lowest BCUT2D eigenvalue weighted by molar-refractivity contribution is -0.130. The van der Waals surface area contributed by atoms with Gasteiger partial charge in [0, 0.05) is 29.6 Å². The van der Waals surface area contributed by atoms with Crippen LogP contribution < -0.4 is 5.73 Å². The van der Waals surface area contributed by atoms with E-state index in [1.165, 1.54) is 4.90 Å². The average Bonchev–Trinajstić information content (AvgIpc) is 2.29. The second-order valence-corrected chi connectivity index (χ2v) is 4.55. The first-order chi connectivity index (χ1) is 8.08. The molecule has 1 saturated heterocycles. The molecule has 4 nitrogen and oxygen atoms in total. The summed E-state index contributed by atoms with van der Waals surface area (Å²) in [6.45, 7) is 0.390. The molecular weight excluding hydrogens is 240 g/mol. The van der Waals surface area contributed by atoms with Crippen molar-refractivity contribution in [1.82, 2.24) is 4.90 Å². The third-order valence-corrected chi connectivity index (χ3v) is 3.05. The van der Waals surface area contributed by atoms with Crippen molar-refractivity contribution in [1.29, 1.82) is 0 Å². The molecule has 0 saturated carbocycles. The topological polar surface area (TPSA) is 63.4 Å². The molecule has 0 aliphatic carbocycles. The van der Waals surface area contributed by atoms with E-state index in [-0.39, 0.29) is 24.3 Å². The summed E-state index contributed by atoms with van der Waals surface area (Å²) in [6, 6.07) is 6.37. The van der Waals surface area contributed by atoms with Crippen molar-refractivity contribution < 1.29 is 9.59 Å². The number of nitrogens with zero attached hydrogens (tertiary/aromatic N) is 1. The second kappa shape index (κ2) is 4.85. The van der Waals surface area contributed by atoms with Crippen molar-refractivity contribution in [3.63, 3.8) is 0 Å². The van der Waals surface area contributed by atoms with E-state index < -0.39 is 0 Å². The van der Waals surface area contributed by atoms with Gasteiger partial charge in [-0.2, -0.15) is 0 Å². The molecule has 17 heavy (non-hydrogen) atoms. The van der Waals surface area contributed by atoms with E-state index in [2.05, 4.69) is 0 Å². The van der Waals surface area contributed by atoms with Gasteiger partial charge in [0.2, 0.25) is 5.91 Å². The number of nitrogens with two attached hydrogens (primary N) is 1. The summed E-state index contributed by atoms with van der Waals surface area (Å²) in [5, 5.41) is 0.563. The van der Waals surface area contributed by atoms with Crippen molar-refractivity contribution in [3.8, 4) is 0 Å². The quantitative estimate of drug-likeness (QED) is 0.769. The van der Waals surface area contributed by atoms with Crippen LogP contribution in [-0.2, 0) is 4.79 Å². The van der Waals surface area contributed by atoms with Crippen molar-refractivity contribution >= 4 is 23.4 Å². The molecule has 2 rings (SSSR count). The van der Waals surface area contributed by atoms with Crippen LogP contribution in [0.2, 0.25) is 5.02 Å². The summed E-state index contributed by atoms with van der Waals surface area (Å²) >= 11 is 5.74. The summed E-state index contributed by atoms with van der Waals surface area (Å²) < 4.78 is 0. The SMILES string of the molecule is NC1CCN(C(=O)c2ccc(Cl)cc2)C(=O)C1. The summed E-state index contributed by atoms with van der Waals surface area (Å²) in [5.41, 5.74) is 6.14. The number of imide groups is 1. The molecule has 5 heteroatoms. The molecule has 1 aromatic carbocycles. The van der Waals surface area contributed by atoms with Crippen LogP contribution in [0.5, 0.6) is 0 Å². The largest absolute Gasteiger partial charge is 0.327 e. The molecule has 90 valence electrons. The van der Waals surface area contributed by atoms with Gasteiger partial charge in [-0.3, -0.25) is 14.5 Å².